The lowest BCUT2D eigenvalue weighted by molar-refractivity contribution is -0.137. The van der Waals surface area contributed by atoms with E-state index in [9.17, 15) is 18.0 Å². The standard InChI is InChI=1S/C23H19F3N4O3S/c1-3-9-33-19-8-7-15(10-20(19)32-2)13-27-30-21(31)12-18-14-34-22(29-18)28-17-6-4-5-16(11-17)23(24,25)26/h1,4-8,10-11,13-14H,9,12H2,2H3,(H,28,29)(H,30,31). The second-order valence-electron chi connectivity index (χ2n) is 6.72. The SMILES string of the molecule is C#CCOc1ccc(C=NNC(=O)Cc2csc(Nc3cccc(C(F)(F)F)c3)n2)cc1OC. The van der Waals surface area contributed by atoms with E-state index in [0.717, 1.165) is 12.1 Å². The second kappa shape index (κ2) is 11.2. The van der Waals surface area contributed by atoms with Gasteiger partial charge in [-0.25, -0.2) is 10.4 Å². The molecule has 0 aliphatic rings. The van der Waals surface area contributed by atoms with Crippen molar-refractivity contribution >= 4 is 34.3 Å². The van der Waals surface area contributed by atoms with E-state index in [0.29, 0.717) is 27.9 Å². The Morgan fingerprint density at radius 3 is 2.82 bits per heavy atom. The van der Waals surface area contributed by atoms with E-state index >= 15 is 0 Å². The Hall–Kier alpha value is -4.04. The smallest absolute Gasteiger partial charge is 0.416 e. The molecule has 11 heteroatoms. The molecule has 0 bridgehead atoms. The van der Waals surface area contributed by atoms with Gasteiger partial charge in [0.05, 0.1) is 31.0 Å². The summed E-state index contributed by atoms with van der Waals surface area (Å²) in [6.07, 6.45) is 2.13. The van der Waals surface area contributed by atoms with E-state index in [4.69, 9.17) is 15.9 Å². The fourth-order valence-electron chi connectivity index (χ4n) is 2.73. The molecule has 0 aliphatic carbocycles. The highest BCUT2D eigenvalue weighted by molar-refractivity contribution is 7.13. The number of methoxy groups -OCH3 is 1. The number of halogens is 3. The minimum absolute atomic E-state index is 0.0553. The number of terminal acetylenes is 1. The molecule has 176 valence electrons. The molecule has 0 unspecified atom stereocenters. The number of nitrogens with one attached hydrogen (secondary N) is 2. The number of rotatable bonds is 9. The van der Waals surface area contributed by atoms with Gasteiger partial charge in [0.25, 0.3) is 0 Å². The third-order valence-electron chi connectivity index (χ3n) is 4.24. The van der Waals surface area contributed by atoms with Crippen LogP contribution >= 0.6 is 11.3 Å². The van der Waals surface area contributed by atoms with Crippen molar-refractivity contribution in [1.29, 1.82) is 0 Å². The summed E-state index contributed by atoms with van der Waals surface area (Å²) in [5.41, 5.74) is 2.99. The van der Waals surface area contributed by atoms with Crippen LogP contribution in [0.15, 0.2) is 52.9 Å². The molecular weight excluding hydrogens is 469 g/mol. The van der Waals surface area contributed by atoms with Crippen LogP contribution in [-0.2, 0) is 17.4 Å². The largest absolute Gasteiger partial charge is 0.493 e. The number of anilines is 2. The second-order valence-corrected chi connectivity index (χ2v) is 7.58. The van der Waals surface area contributed by atoms with Crippen molar-refractivity contribution < 1.29 is 27.4 Å². The fraction of sp³-hybridized carbons (Fsp3) is 0.174. The van der Waals surface area contributed by atoms with E-state index in [-0.39, 0.29) is 18.7 Å². The van der Waals surface area contributed by atoms with E-state index < -0.39 is 17.6 Å². The van der Waals surface area contributed by atoms with Crippen molar-refractivity contribution in [2.75, 3.05) is 19.0 Å². The fourth-order valence-corrected chi connectivity index (χ4v) is 3.46. The minimum Gasteiger partial charge on any atom is -0.493 e. The lowest BCUT2D eigenvalue weighted by Crippen LogP contribution is -2.19. The molecule has 1 heterocycles. The van der Waals surface area contributed by atoms with Crippen LogP contribution < -0.4 is 20.2 Å². The maximum Gasteiger partial charge on any atom is 0.416 e. The summed E-state index contributed by atoms with van der Waals surface area (Å²) < 4.78 is 49.2. The molecular formula is C23H19F3N4O3S. The molecule has 0 spiro atoms. The van der Waals surface area contributed by atoms with Crippen LogP contribution in [0.3, 0.4) is 0 Å². The Bertz CT molecular complexity index is 1220. The molecule has 3 aromatic rings. The highest BCUT2D eigenvalue weighted by Crippen LogP contribution is 2.32. The average Bonchev–Trinajstić information content (AvgIpc) is 3.24. The van der Waals surface area contributed by atoms with Crippen molar-refractivity contribution in [1.82, 2.24) is 10.4 Å². The van der Waals surface area contributed by atoms with Gasteiger partial charge < -0.3 is 14.8 Å². The molecule has 34 heavy (non-hydrogen) atoms. The van der Waals surface area contributed by atoms with Crippen LogP contribution in [0.1, 0.15) is 16.8 Å². The van der Waals surface area contributed by atoms with Crippen molar-refractivity contribution in [2.45, 2.75) is 12.6 Å². The number of benzene rings is 2. The monoisotopic (exact) mass is 488 g/mol. The van der Waals surface area contributed by atoms with Gasteiger partial charge in [0.2, 0.25) is 5.91 Å². The maximum atomic E-state index is 12.8. The van der Waals surface area contributed by atoms with Gasteiger partial charge in [-0.1, -0.05) is 12.0 Å². The molecule has 0 atom stereocenters. The predicted molar refractivity (Wildman–Crippen MR) is 124 cm³/mol. The molecule has 0 saturated carbocycles. The van der Waals surface area contributed by atoms with E-state index in [1.165, 1.54) is 36.8 Å². The Morgan fingerprint density at radius 2 is 2.09 bits per heavy atom. The van der Waals surface area contributed by atoms with E-state index in [1.54, 1.807) is 23.6 Å². The first-order valence-corrected chi connectivity index (χ1v) is 10.6. The summed E-state index contributed by atoms with van der Waals surface area (Å²) in [7, 11) is 1.49. The number of hydrazone groups is 1. The number of thiazole rings is 1. The lowest BCUT2D eigenvalue weighted by Gasteiger charge is -2.09. The predicted octanol–water partition coefficient (Wildman–Crippen LogP) is 4.62. The molecule has 2 aromatic carbocycles. The highest BCUT2D eigenvalue weighted by atomic mass is 32.1. The molecule has 7 nitrogen and oxygen atoms in total. The van der Waals surface area contributed by atoms with E-state index in [2.05, 4.69) is 26.7 Å². The molecule has 0 radical (unpaired) electrons. The summed E-state index contributed by atoms with van der Waals surface area (Å²) in [5.74, 6) is 2.91. The quantitative estimate of drug-likeness (QED) is 0.261. The van der Waals surface area contributed by atoms with Crippen LogP contribution in [-0.4, -0.2) is 30.8 Å². The number of hydrogen-bond donors (Lipinski definition) is 2. The number of ether oxygens (including phenoxy) is 2. The number of nitrogens with zero attached hydrogens (tertiary/aromatic N) is 2. The summed E-state index contributed by atoms with van der Waals surface area (Å²) in [6.45, 7) is 0.105. The molecule has 0 saturated heterocycles. The number of aromatic nitrogens is 1. The highest BCUT2D eigenvalue weighted by Gasteiger charge is 2.30. The number of alkyl halides is 3. The molecule has 1 aromatic heterocycles. The van der Waals surface area contributed by atoms with Gasteiger partial charge in [0, 0.05) is 11.1 Å². The van der Waals surface area contributed by atoms with Gasteiger partial charge in [-0.05, 0) is 42.0 Å². The maximum absolute atomic E-state index is 12.8. The summed E-state index contributed by atoms with van der Waals surface area (Å²) >= 11 is 1.17. The Morgan fingerprint density at radius 1 is 1.26 bits per heavy atom. The molecule has 0 aliphatic heterocycles. The van der Waals surface area contributed by atoms with Gasteiger partial charge in [-0.15, -0.1) is 17.8 Å². The Balaban J connectivity index is 1.54. The minimum atomic E-state index is -4.44. The van der Waals surface area contributed by atoms with Gasteiger partial charge in [-0.2, -0.15) is 18.3 Å². The number of hydrogen-bond acceptors (Lipinski definition) is 7. The Labute approximate surface area is 197 Å². The first-order chi connectivity index (χ1) is 16.3. The van der Waals surface area contributed by atoms with Crippen LogP contribution in [0.4, 0.5) is 24.0 Å². The van der Waals surface area contributed by atoms with Gasteiger partial charge in [-0.3, -0.25) is 4.79 Å². The lowest BCUT2D eigenvalue weighted by atomic mass is 10.2. The molecule has 0 fully saturated rings. The zero-order valence-electron chi connectivity index (χ0n) is 17.8. The Kier molecular flexibility index (Phi) is 8.10. The van der Waals surface area contributed by atoms with Gasteiger partial charge >= 0.3 is 6.18 Å². The van der Waals surface area contributed by atoms with Gasteiger partial charge in [0.1, 0.15) is 6.61 Å². The topological polar surface area (TPSA) is 84.8 Å². The molecule has 1 amide bonds. The van der Waals surface area contributed by atoms with Crippen molar-refractivity contribution in [2.24, 2.45) is 5.10 Å². The zero-order chi connectivity index (χ0) is 24.6. The first-order valence-electron chi connectivity index (χ1n) is 9.73. The molecule has 2 N–H and O–H groups in total. The number of carbonyl (C=O) groups excluding carboxylic acids is 1. The first kappa shape index (κ1) is 24.6. The third kappa shape index (κ3) is 6.98. The van der Waals surface area contributed by atoms with Crippen LogP contribution in [0.2, 0.25) is 0 Å². The van der Waals surface area contributed by atoms with Gasteiger partial charge in [0.15, 0.2) is 16.6 Å². The third-order valence-corrected chi connectivity index (χ3v) is 5.04. The van der Waals surface area contributed by atoms with Crippen molar-refractivity contribution in [3.05, 3.63) is 64.7 Å². The van der Waals surface area contributed by atoms with Crippen LogP contribution in [0.5, 0.6) is 11.5 Å². The van der Waals surface area contributed by atoms with Crippen LogP contribution in [0, 0.1) is 12.3 Å². The zero-order valence-corrected chi connectivity index (χ0v) is 18.7. The normalized spacial score (nSPS) is 11.1. The number of carbonyl (C=O) groups is 1. The summed E-state index contributed by atoms with van der Waals surface area (Å²) in [6, 6.07) is 9.85. The average molecular weight is 488 g/mol. The van der Waals surface area contributed by atoms with E-state index in [1.807, 2.05) is 0 Å². The molecule has 3 rings (SSSR count). The summed E-state index contributed by atoms with van der Waals surface area (Å²) in [5, 5.41) is 8.73. The van der Waals surface area contributed by atoms with Crippen molar-refractivity contribution in [3.63, 3.8) is 0 Å². The van der Waals surface area contributed by atoms with Crippen LogP contribution in [0.25, 0.3) is 0 Å². The summed E-state index contributed by atoms with van der Waals surface area (Å²) in [4.78, 5) is 16.4. The number of amides is 1. The van der Waals surface area contributed by atoms with Crippen molar-refractivity contribution in [3.8, 4) is 23.8 Å².